The van der Waals surface area contributed by atoms with E-state index in [0.717, 1.165) is 40.7 Å². The third-order valence-corrected chi connectivity index (χ3v) is 7.90. The van der Waals surface area contributed by atoms with Gasteiger partial charge in [-0.15, -0.1) is 0 Å². The topological polar surface area (TPSA) is 43.1 Å². The molecule has 4 heteroatoms. The second kappa shape index (κ2) is 6.10. The molecular formula is C31H18N4. The number of hydrogen-bond acceptors (Lipinski definition) is 3. The van der Waals surface area contributed by atoms with Crippen LogP contribution in [0.4, 0.5) is 0 Å². The van der Waals surface area contributed by atoms with Crippen LogP contribution in [0.15, 0.2) is 85.2 Å². The number of fused-ring (bicyclic) bond motifs is 15. The van der Waals surface area contributed by atoms with Gasteiger partial charge in [-0.25, -0.2) is 15.0 Å². The van der Waals surface area contributed by atoms with Crippen LogP contribution in [-0.4, -0.2) is 19.4 Å². The number of imidazole rings is 1. The number of benzene rings is 3. The summed E-state index contributed by atoms with van der Waals surface area (Å²) in [7, 11) is 0. The summed E-state index contributed by atoms with van der Waals surface area (Å²) < 4.78 is 2.20. The number of nitrogens with zero attached hydrogens (tertiary/aromatic N) is 4. The monoisotopic (exact) mass is 446 g/mol. The van der Waals surface area contributed by atoms with E-state index >= 15 is 0 Å². The number of rotatable bonds is 0. The molecule has 0 saturated carbocycles. The van der Waals surface area contributed by atoms with Gasteiger partial charge in [0.1, 0.15) is 11.3 Å². The summed E-state index contributed by atoms with van der Waals surface area (Å²) >= 11 is 0. The van der Waals surface area contributed by atoms with E-state index in [0.29, 0.717) is 0 Å². The molecule has 0 atom stereocenters. The molecule has 0 unspecified atom stereocenters. The van der Waals surface area contributed by atoms with Gasteiger partial charge < -0.3 is 0 Å². The molecule has 162 valence electrons. The van der Waals surface area contributed by atoms with E-state index in [1.54, 1.807) is 0 Å². The minimum absolute atomic E-state index is 0.755. The molecule has 35 heavy (non-hydrogen) atoms. The number of aromatic nitrogens is 4. The van der Waals surface area contributed by atoms with Gasteiger partial charge in [0, 0.05) is 23.2 Å². The fourth-order valence-corrected chi connectivity index (χ4v) is 6.46. The van der Waals surface area contributed by atoms with E-state index in [1.165, 1.54) is 55.3 Å². The van der Waals surface area contributed by atoms with Crippen molar-refractivity contribution in [3.63, 3.8) is 0 Å². The molecule has 0 aliphatic heterocycles. The average Bonchev–Trinajstić information content (AvgIpc) is 3.58. The lowest BCUT2D eigenvalue weighted by Crippen LogP contribution is -1.95. The van der Waals surface area contributed by atoms with Crippen molar-refractivity contribution in [1.29, 1.82) is 0 Å². The Morgan fingerprint density at radius 3 is 2.46 bits per heavy atom. The van der Waals surface area contributed by atoms with E-state index in [4.69, 9.17) is 9.97 Å². The summed E-state index contributed by atoms with van der Waals surface area (Å²) in [4.78, 5) is 14.4. The van der Waals surface area contributed by atoms with E-state index in [2.05, 4.69) is 70.0 Å². The van der Waals surface area contributed by atoms with Crippen molar-refractivity contribution >= 4 is 38.6 Å². The highest BCUT2D eigenvalue weighted by Crippen LogP contribution is 2.48. The lowest BCUT2D eigenvalue weighted by atomic mass is 9.94. The number of hydrogen-bond donors (Lipinski definition) is 0. The van der Waals surface area contributed by atoms with Crippen LogP contribution in [0.2, 0.25) is 0 Å². The van der Waals surface area contributed by atoms with Crippen LogP contribution < -0.4 is 0 Å². The fourth-order valence-electron chi connectivity index (χ4n) is 6.46. The zero-order chi connectivity index (χ0) is 22.7. The second-order valence-corrected chi connectivity index (χ2v) is 9.69. The predicted octanol–water partition coefficient (Wildman–Crippen LogP) is 6.73. The van der Waals surface area contributed by atoms with Crippen LogP contribution >= 0.6 is 0 Å². The number of pyridine rings is 3. The molecule has 2 aliphatic rings. The fraction of sp³-hybridized carbons (Fsp3) is 0.0645. The van der Waals surface area contributed by atoms with Gasteiger partial charge in [0.25, 0.3) is 0 Å². The minimum atomic E-state index is 0.755. The molecule has 3 aromatic carbocycles. The van der Waals surface area contributed by atoms with E-state index in [1.807, 2.05) is 24.5 Å². The van der Waals surface area contributed by atoms with Gasteiger partial charge >= 0.3 is 0 Å². The molecule has 2 aliphatic carbocycles. The van der Waals surface area contributed by atoms with Crippen LogP contribution in [0, 0.1) is 0 Å². The Hall–Kier alpha value is -4.57. The molecule has 0 N–H and O–H groups in total. The van der Waals surface area contributed by atoms with E-state index in [9.17, 15) is 0 Å². The Bertz CT molecular complexity index is 2070. The first-order chi connectivity index (χ1) is 17.3. The predicted molar refractivity (Wildman–Crippen MR) is 140 cm³/mol. The molecule has 7 aromatic rings. The maximum Gasteiger partial charge on any atom is 0.178 e. The van der Waals surface area contributed by atoms with Crippen molar-refractivity contribution < 1.29 is 0 Å². The molecular weight excluding hydrogens is 428 g/mol. The molecule has 0 amide bonds. The van der Waals surface area contributed by atoms with Gasteiger partial charge in [0.15, 0.2) is 5.65 Å². The zero-order valence-corrected chi connectivity index (χ0v) is 18.8. The SMILES string of the molecule is c1ccc2c(c1)Cc1cc3c(cc1-2)-c1c(ccc2c4cccnc4n4c5cccnc5nc4c12)C3. The maximum absolute atomic E-state index is 5.06. The molecule has 0 saturated heterocycles. The van der Waals surface area contributed by atoms with Crippen molar-refractivity contribution in [2.24, 2.45) is 0 Å². The maximum atomic E-state index is 5.06. The van der Waals surface area contributed by atoms with Crippen LogP contribution in [0.3, 0.4) is 0 Å². The normalized spacial score (nSPS) is 13.5. The van der Waals surface area contributed by atoms with Crippen LogP contribution in [0.1, 0.15) is 22.3 Å². The van der Waals surface area contributed by atoms with Crippen molar-refractivity contribution in [2.75, 3.05) is 0 Å². The molecule has 0 bridgehead atoms. The van der Waals surface area contributed by atoms with Gasteiger partial charge in [0.05, 0.1) is 5.52 Å². The standard InChI is InChI=1S/C31H18N4/c1-2-6-21-17(5-1)13-19-15-20-14-18-9-10-22-23-7-3-12-33-30(23)35-26-8-4-11-32-29(26)34-31(35)28(22)27(18)25(20)16-24(19)21/h1-12,15-16H,13-14H2. The molecule has 0 fully saturated rings. The molecule has 4 aromatic heterocycles. The van der Waals surface area contributed by atoms with Gasteiger partial charge in [-0.05, 0) is 93.1 Å². The van der Waals surface area contributed by atoms with E-state index in [-0.39, 0.29) is 0 Å². The van der Waals surface area contributed by atoms with Crippen LogP contribution in [-0.2, 0) is 12.8 Å². The highest BCUT2D eigenvalue weighted by Gasteiger charge is 2.28. The Balaban J connectivity index is 1.48. The Morgan fingerprint density at radius 1 is 0.600 bits per heavy atom. The van der Waals surface area contributed by atoms with E-state index < -0.39 is 0 Å². The van der Waals surface area contributed by atoms with Crippen LogP contribution in [0.25, 0.3) is 60.9 Å². The van der Waals surface area contributed by atoms with Crippen molar-refractivity contribution in [3.05, 3.63) is 107 Å². The Kier molecular flexibility index (Phi) is 3.11. The van der Waals surface area contributed by atoms with Crippen molar-refractivity contribution in [3.8, 4) is 22.3 Å². The summed E-state index contributed by atoms with van der Waals surface area (Å²) in [6.07, 6.45) is 5.65. The Morgan fingerprint density at radius 2 is 1.46 bits per heavy atom. The summed E-state index contributed by atoms with van der Waals surface area (Å²) in [5.41, 5.74) is 14.7. The first kappa shape index (κ1) is 17.8. The molecule has 0 spiro atoms. The van der Waals surface area contributed by atoms with Gasteiger partial charge in [-0.3, -0.25) is 4.40 Å². The third-order valence-electron chi connectivity index (χ3n) is 7.90. The summed E-state index contributed by atoms with van der Waals surface area (Å²) in [6, 6.07) is 26.5. The van der Waals surface area contributed by atoms with Gasteiger partial charge in [0.2, 0.25) is 0 Å². The van der Waals surface area contributed by atoms with Crippen molar-refractivity contribution in [1.82, 2.24) is 19.4 Å². The first-order valence-corrected chi connectivity index (χ1v) is 12.0. The highest BCUT2D eigenvalue weighted by molar-refractivity contribution is 6.19. The minimum Gasteiger partial charge on any atom is -0.274 e. The summed E-state index contributed by atoms with van der Waals surface area (Å²) in [5.74, 6) is 0. The van der Waals surface area contributed by atoms with Gasteiger partial charge in [-0.1, -0.05) is 42.5 Å². The molecule has 9 rings (SSSR count). The molecule has 4 heterocycles. The highest BCUT2D eigenvalue weighted by atomic mass is 15.1. The van der Waals surface area contributed by atoms with Crippen molar-refractivity contribution in [2.45, 2.75) is 12.8 Å². The second-order valence-electron chi connectivity index (χ2n) is 9.69. The third kappa shape index (κ3) is 2.15. The lowest BCUT2D eigenvalue weighted by Gasteiger charge is -2.13. The molecule has 4 nitrogen and oxygen atoms in total. The van der Waals surface area contributed by atoms with Crippen LogP contribution in [0.5, 0.6) is 0 Å². The largest absolute Gasteiger partial charge is 0.274 e. The smallest absolute Gasteiger partial charge is 0.178 e. The van der Waals surface area contributed by atoms with Gasteiger partial charge in [-0.2, -0.15) is 0 Å². The quantitative estimate of drug-likeness (QED) is 0.243. The lowest BCUT2D eigenvalue weighted by molar-refractivity contribution is 1.21. The average molecular weight is 447 g/mol. The zero-order valence-electron chi connectivity index (χ0n) is 18.8. The molecule has 0 radical (unpaired) electrons. The summed E-state index contributed by atoms with van der Waals surface area (Å²) in [5, 5.41) is 3.54. The Labute approximate surface area is 200 Å². The summed E-state index contributed by atoms with van der Waals surface area (Å²) in [6.45, 7) is 0. The first-order valence-electron chi connectivity index (χ1n) is 12.0.